The molecule has 5 nitrogen and oxygen atoms in total. The molecule has 2 aliphatic rings. The van der Waals surface area contributed by atoms with Gasteiger partial charge in [0.25, 0.3) is 0 Å². The van der Waals surface area contributed by atoms with Crippen molar-refractivity contribution in [3.8, 4) is 0 Å². The number of hydroxylamine groups is 2. The molecule has 0 atom stereocenters. The first-order valence-electron chi connectivity index (χ1n) is 3.31. The van der Waals surface area contributed by atoms with Crippen LogP contribution in [0.25, 0.3) is 0 Å². The molecule has 0 unspecified atom stereocenters. The smallest absolute Gasteiger partial charge is 0.329 e. The fraction of sp³-hybridized carbons (Fsp3) is 0. The Hall–Kier alpha value is -1.91. The predicted molar refractivity (Wildman–Crippen MR) is 42.1 cm³/mol. The molecule has 0 amide bonds. The molecule has 0 N–H and O–H groups in total. The SMILES string of the molecule is O=C1C=CN=C2C=CN=CN2O1. The summed E-state index contributed by atoms with van der Waals surface area (Å²) < 4.78 is 0. The number of nitrogens with zero attached hydrogens (tertiary/aromatic N) is 3. The summed E-state index contributed by atoms with van der Waals surface area (Å²) in [5.41, 5.74) is 0. The van der Waals surface area contributed by atoms with Crippen molar-refractivity contribution < 1.29 is 9.63 Å². The molecule has 2 heterocycles. The van der Waals surface area contributed by atoms with E-state index in [0.717, 1.165) is 0 Å². The van der Waals surface area contributed by atoms with E-state index in [4.69, 9.17) is 4.84 Å². The van der Waals surface area contributed by atoms with E-state index in [-0.39, 0.29) is 0 Å². The molecule has 5 heteroatoms. The minimum absolute atomic E-state index is 0.462. The second-order valence-corrected chi connectivity index (χ2v) is 2.12. The first-order valence-corrected chi connectivity index (χ1v) is 3.31. The second-order valence-electron chi connectivity index (χ2n) is 2.12. The van der Waals surface area contributed by atoms with Gasteiger partial charge in [-0.3, -0.25) is 0 Å². The van der Waals surface area contributed by atoms with Gasteiger partial charge in [0.15, 0.2) is 5.84 Å². The van der Waals surface area contributed by atoms with Crippen molar-refractivity contribution in [1.29, 1.82) is 0 Å². The zero-order valence-corrected chi connectivity index (χ0v) is 6.04. The molecule has 12 heavy (non-hydrogen) atoms. The quantitative estimate of drug-likeness (QED) is 0.513. The topological polar surface area (TPSA) is 54.3 Å². The molecule has 0 saturated heterocycles. The fourth-order valence-electron chi connectivity index (χ4n) is 0.813. The maximum Gasteiger partial charge on any atom is 0.358 e. The van der Waals surface area contributed by atoms with Gasteiger partial charge in [0.2, 0.25) is 0 Å². The third kappa shape index (κ3) is 1.12. The highest BCUT2D eigenvalue weighted by Gasteiger charge is 2.15. The molecule has 60 valence electrons. The highest BCUT2D eigenvalue weighted by molar-refractivity contribution is 6.03. The maximum atomic E-state index is 10.8. The van der Waals surface area contributed by atoms with Crippen molar-refractivity contribution in [2.75, 3.05) is 0 Å². The van der Waals surface area contributed by atoms with Crippen LogP contribution in [0, 0.1) is 0 Å². The summed E-state index contributed by atoms with van der Waals surface area (Å²) in [6.45, 7) is 0. The highest BCUT2D eigenvalue weighted by atomic mass is 16.7. The van der Waals surface area contributed by atoms with E-state index in [2.05, 4.69) is 9.98 Å². The van der Waals surface area contributed by atoms with E-state index >= 15 is 0 Å². The summed E-state index contributed by atoms with van der Waals surface area (Å²) in [7, 11) is 0. The van der Waals surface area contributed by atoms with Crippen LogP contribution in [0.5, 0.6) is 0 Å². The molecule has 0 aromatic rings. The van der Waals surface area contributed by atoms with Gasteiger partial charge in [0.1, 0.15) is 6.34 Å². The summed E-state index contributed by atoms with van der Waals surface area (Å²) in [6.07, 6.45) is 7.23. The Kier molecular flexibility index (Phi) is 1.48. The largest absolute Gasteiger partial charge is 0.358 e. The molecule has 0 aromatic carbocycles. The average molecular weight is 163 g/mol. The van der Waals surface area contributed by atoms with Crippen LogP contribution in [-0.4, -0.2) is 23.2 Å². The molecule has 2 aliphatic heterocycles. The van der Waals surface area contributed by atoms with Crippen LogP contribution in [-0.2, 0) is 9.63 Å². The van der Waals surface area contributed by atoms with Crippen molar-refractivity contribution in [2.45, 2.75) is 0 Å². The lowest BCUT2D eigenvalue weighted by Gasteiger charge is -2.16. The first-order chi connectivity index (χ1) is 5.86. The van der Waals surface area contributed by atoms with E-state index < -0.39 is 5.97 Å². The van der Waals surface area contributed by atoms with Crippen molar-refractivity contribution in [3.05, 3.63) is 24.6 Å². The molecular weight excluding hydrogens is 158 g/mol. The normalized spacial score (nSPS) is 19.8. The summed E-state index contributed by atoms with van der Waals surface area (Å²) >= 11 is 0. The van der Waals surface area contributed by atoms with Crippen molar-refractivity contribution in [3.63, 3.8) is 0 Å². The van der Waals surface area contributed by atoms with E-state index in [9.17, 15) is 4.79 Å². The third-order valence-electron chi connectivity index (χ3n) is 1.31. The van der Waals surface area contributed by atoms with Crippen molar-refractivity contribution in [2.24, 2.45) is 9.98 Å². The van der Waals surface area contributed by atoms with Crippen LogP contribution in [0.1, 0.15) is 0 Å². The number of hydrogen-bond acceptors (Lipinski definition) is 5. The van der Waals surface area contributed by atoms with E-state index in [1.54, 1.807) is 12.3 Å². The highest BCUT2D eigenvalue weighted by Crippen LogP contribution is 2.03. The summed E-state index contributed by atoms with van der Waals surface area (Å²) in [5.74, 6) is 0.0719. The molecule has 0 spiro atoms. The van der Waals surface area contributed by atoms with Crippen LogP contribution in [0.15, 0.2) is 34.5 Å². The number of amidine groups is 1. The number of carbonyl (C=O) groups is 1. The summed E-state index contributed by atoms with van der Waals surface area (Å²) in [5, 5.41) is 1.21. The Morgan fingerprint density at radius 3 is 3.17 bits per heavy atom. The van der Waals surface area contributed by atoms with Crippen LogP contribution >= 0.6 is 0 Å². The van der Waals surface area contributed by atoms with Crippen molar-refractivity contribution in [1.82, 2.24) is 5.06 Å². The van der Waals surface area contributed by atoms with Crippen molar-refractivity contribution >= 4 is 18.1 Å². The van der Waals surface area contributed by atoms with E-state index in [1.807, 2.05) is 0 Å². The Bertz CT molecular complexity index is 328. The minimum atomic E-state index is -0.462. The number of rotatable bonds is 0. The van der Waals surface area contributed by atoms with E-state index in [1.165, 1.54) is 23.7 Å². The Labute approximate surface area is 68.3 Å². The van der Waals surface area contributed by atoms with Crippen LogP contribution in [0.2, 0.25) is 0 Å². The molecule has 0 fully saturated rings. The van der Waals surface area contributed by atoms with Gasteiger partial charge in [0.05, 0.1) is 0 Å². The number of fused-ring (bicyclic) bond motifs is 1. The van der Waals surface area contributed by atoms with Gasteiger partial charge in [-0.25, -0.2) is 14.8 Å². The second kappa shape index (κ2) is 2.61. The van der Waals surface area contributed by atoms with Crippen LogP contribution in [0.3, 0.4) is 0 Å². The fourth-order valence-corrected chi connectivity index (χ4v) is 0.813. The van der Waals surface area contributed by atoms with Gasteiger partial charge >= 0.3 is 5.97 Å². The molecule has 0 aliphatic carbocycles. The molecule has 0 radical (unpaired) electrons. The maximum absolute atomic E-state index is 10.8. The number of carbonyl (C=O) groups excluding carboxylic acids is 1. The van der Waals surface area contributed by atoms with E-state index in [0.29, 0.717) is 5.84 Å². The lowest BCUT2D eigenvalue weighted by molar-refractivity contribution is -0.154. The van der Waals surface area contributed by atoms with Gasteiger partial charge in [0, 0.05) is 24.6 Å². The van der Waals surface area contributed by atoms with Gasteiger partial charge < -0.3 is 4.84 Å². The molecule has 0 saturated carbocycles. The monoisotopic (exact) mass is 163 g/mol. The minimum Gasteiger partial charge on any atom is -0.329 e. The van der Waals surface area contributed by atoms with Gasteiger partial charge in [-0.2, -0.15) is 0 Å². The standard InChI is InChI=1S/C7H5N3O2/c11-7-2-4-9-6-1-3-8-5-10(6)12-7/h1-5H. The number of hydrogen-bond donors (Lipinski definition) is 0. The Morgan fingerprint density at radius 2 is 2.25 bits per heavy atom. The zero-order chi connectivity index (χ0) is 8.39. The van der Waals surface area contributed by atoms with Gasteiger partial charge in [-0.05, 0) is 0 Å². The molecule has 0 aromatic heterocycles. The summed E-state index contributed by atoms with van der Waals surface area (Å²) in [4.78, 5) is 23.3. The average Bonchev–Trinajstić information content (AvgIpc) is 2.25. The Balaban J connectivity index is 2.31. The molecule has 2 rings (SSSR count). The van der Waals surface area contributed by atoms with Gasteiger partial charge in [-0.15, -0.1) is 5.06 Å². The lowest BCUT2D eigenvalue weighted by atomic mass is 10.5. The van der Waals surface area contributed by atoms with Gasteiger partial charge in [-0.1, -0.05) is 0 Å². The van der Waals surface area contributed by atoms with Crippen LogP contribution < -0.4 is 0 Å². The lowest BCUT2D eigenvalue weighted by Crippen LogP contribution is -2.30. The first kappa shape index (κ1) is 6.78. The molecular formula is C7H5N3O2. The zero-order valence-electron chi connectivity index (χ0n) is 6.04. The van der Waals surface area contributed by atoms with Crippen LogP contribution in [0.4, 0.5) is 0 Å². The Morgan fingerprint density at radius 1 is 1.33 bits per heavy atom. The molecule has 0 bridgehead atoms. The summed E-state index contributed by atoms with van der Waals surface area (Å²) in [6, 6.07) is 0. The number of aliphatic imine (C=N–C) groups is 2. The predicted octanol–water partition coefficient (Wildman–Crippen LogP) is 0.228. The third-order valence-corrected chi connectivity index (χ3v) is 1.31.